The van der Waals surface area contributed by atoms with E-state index in [1.54, 1.807) is 0 Å². The molecule has 0 heterocycles. The van der Waals surface area contributed by atoms with Gasteiger partial charge >= 0.3 is 0 Å². The van der Waals surface area contributed by atoms with Crippen molar-refractivity contribution in [3.8, 4) is 5.75 Å². The van der Waals surface area contributed by atoms with Gasteiger partial charge in [0.25, 0.3) is 0 Å². The van der Waals surface area contributed by atoms with E-state index in [-0.39, 0.29) is 6.61 Å². The Morgan fingerprint density at radius 2 is 1.70 bits per heavy atom. The van der Waals surface area contributed by atoms with Crippen molar-refractivity contribution in [2.45, 2.75) is 59.8 Å². The molecule has 0 bridgehead atoms. The Labute approximate surface area is 124 Å². The minimum atomic E-state index is 0.0710. The Bertz CT molecular complexity index is 373. The van der Waals surface area contributed by atoms with Gasteiger partial charge in [0.05, 0.1) is 6.61 Å². The highest BCUT2D eigenvalue weighted by Gasteiger charge is 2.12. The van der Waals surface area contributed by atoms with E-state index in [1.807, 2.05) is 0 Å². The van der Waals surface area contributed by atoms with Crippen LogP contribution < -0.4 is 4.74 Å². The average Bonchev–Trinajstić information content (AvgIpc) is 2.45. The lowest BCUT2D eigenvalue weighted by molar-refractivity contribution is 0.199. The van der Waals surface area contributed by atoms with Gasteiger partial charge < -0.3 is 9.84 Å². The molecule has 0 spiro atoms. The molecule has 1 atom stereocenters. The molecule has 2 heteroatoms. The highest BCUT2D eigenvalue weighted by Crippen LogP contribution is 2.29. The smallest absolute Gasteiger partial charge is 0.125 e. The van der Waals surface area contributed by atoms with Crippen LogP contribution in [-0.4, -0.2) is 18.3 Å². The molecule has 1 rings (SSSR count). The Hall–Kier alpha value is -1.02. The summed E-state index contributed by atoms with van der Waals surface area (Å²) in [5.41, 5.74) is 3.98. The predicted octanol–water partition coefficient (Wildman–Crippen LogP) is 4.16. The molecule has 0 saturated carbocycles. The lowest BCUT2D eigenvalue weighted by Gasteiger charge is -2.18. The second-order valence-corrected chi connectivity index (χ2v) is 5.62. The fraction of sp³-hybridized carbons (Fsp3) is 0.667. The standard InChI is InChI=1S/C18H30O2/c1-5-8-14(4)11-15-12-16(6-2)18(20-10-9-19)17(7-3)13-15/h12-14,19H,5-11H2,1-4H3. The molecule has 0 amide bonds. The Morgan fingerprint density at radius 3 is 2.15 bits per heavy atom. The third kappa shape index (κ3) is 4.82. The fourth-order valence-electron chi connectivity index (χ4n) is 2.80. The molecule has 20 heavy (non-hydrogen) atoms. The zero-order valence-corrected chi connectivity index (χ0v) is 13.5. The van der Waals surface area contributed by atoms with Gasteiger partial charge in [0.1, 0.15) is 12.4 Å². The molecule has 1 aromatic carbocycles. The van der Waals surface area contributed by atoms with Gasteiger partial charge in [-0.1, -0.05) is 52.7 Å². The monoisotopic (exact) mass is 278 g/mol. The predicted molar refractivity (Wildman–Crippen MR) is 85.6 cm³/mol. The maximum absolute atomic E-state index is 8.96. The summed E-state index contributed by atoms with van der Waals surface area (Å²) in [6.45, 7) is 9.36. The van der Waals surface area contributed by atoms with Gasteiger partial charge in [-0.15, -0.1) is 0 Å². The maximum atomic E-state index is 8.96. The van der Waals surface area contributed by atoms with E-state index >= 15 is 0 Å². The second-order valence-electron chi connectivity index (χ2n) is 5.62. The van der Waals surface area contributed by atoms with Crippen LogP contribution in [0.4, 0.5) is 0 Å². The molecular weight excluding hydrogens is 248 g/mol. The van der Waals surface area contributed by atoms with Gasteiger partial charge in [0, 0.05) is 0 Å². The number of hydrogen-bond donors (Lipinski definition) is 1. The number of hydrogen-bond acceptors (Lipinski definition) is 2. The van der Waals surface area contributed by atoms with E-state index < -0.39 is 0 Å². The highest BCUT2D eigenvalue weighted by atomic mass is 16.5. The first-order chi connectivity index (χ1) is 9.65. The molecular formula is C18H30O2. The second kappa shape index (κ2) is 9.02. The molecule has 2 nitrogen and oxygen atoms in total. The normalized spacial score (nSPS) is 12.4. The molecule has 0 fully saturated rings. The summed E-state index contributed by atoms with van der Waals surface area (Å²) in [5.74, 6) is 1.73. The molecule has 0 radical (unpaired) electrons. The zero-order valence-electron chi connectivity index (χ0n) is 13.5. The van der Waals surface area contributed by atoms with Crippen LogP contribution in [0.25, 0.3) is 0 Å². The van der Waals surface area contributed by atoms with Crippen molar-refractivity contribution < 1.29 is 9.84 Å². The number of rotatable bonds is 9. The summed E-state index contributed by atoms with van der Waals surface area (Å²) in [7, 11) is 0. The van der Waals surface area contributed by atoms with Crippen LogP contribution in [0.3, 0.4) is 0 Å². The van der Waals surface area contributed by atoms with Gasteiger partial charge in [-0.25, -0.2) is 0 Å². The Morgan fingerprint density at radius 1 is 1.10 bits per heavy atom. The van der Waals surface area contributed by atoms with Gasteiger partial charge in [-0.2, -0.15) is 0 Å². The van der Waals surface area contributed by atoms with Crippen LogP contribution in [0.15, 0.2) is 12.1 Å². The number of aliphatic hydroxyl groups is 1. The Balaban J connectivity index is 2.99. The van der Waals surface area contributed by atoms with Gasteiger partial charge in [-0.05, 0) is 41.9 Å². The first kappa shape index (κ1) is 17.0. The molecule has 0 saturated heterocycles. The van der Waals surface area contributed by atoms with Crippen LogP contribution >= 0.6 is 0 Å². The van der Waals surface area contributed by atoms with Crippen LogP contribution in [0, 0.1) is 5.92 Å². The molecule has 0 aliphatic heterocycles. The summed E-state index contributed by atoms with van der Waals surface area (Å²) in [6.07, 6.45) is 5.63. The zero-order chi connectivity index (χ0) is 15.0. The molecule has 1 N–H and O–H groups in total. The SMILES string of the molecule is CCCC(C)Cc1cc(CC)c(OCCO)c(CC)c1. The van der Waals surface area contributed by atoms with Crippen LogP contribution in [-0.2, 0) is 19.3 Å². The van der Waals surface area contributed by atoms with Crippen molar-refractivity contribution in [3.05, 3.63) is 28.8 Å². The summed E-state index contributed by atoms with van der Waals surface area (Å²) in [5, 5.41) is 8.96. The maximum Gasteiger partial charge on any atom is 0.125 e. The molecule has 0 aliphatic rings. The van der Waals surface area contributed by atoms with Crippen molar-refractivity contribution in [2.75, 3.05) is 13.2 Å². The fourth-order valence-corrected chi connectivity index (χ4v) is 2.80. The van der Waals surface area contributed by atoms with Crippen LogP contribution in [0.5, 0.6) is 5.75 Å². The highest BCUT2D eigenvalue weighted by molar-refractivity contribution is 5.45. The van der Waals surface area contributed by atoms with Gasteiger partial charge in [-0.3, -0.25) is 0 Å². The van der Waals surface area contributed by atoms with E-state index in [2.05, 4.69) is 39.8 Å². The third-order valence-corrected chi connectivity index (χ3v) is 3.77. The summed E-state index contributed by atoms with van der Waals surface area (Å²) in [6, 6.07) is 4.58. The van der Waals surface area contributed by atoms with Crippen LogP contribution in [0.2, 0.25) is 0 Å². The van der Waals surface area contributed by atoms with Crippen molar-refractivity contribution in [1.29, 1.82) is 0 Å². The number of ether oxygens (including phenoxy) is 1. The minimum absolute atomic E-state index is 0.0710. The quantitative estimate of drug-likeness (QED) is 0.735. The molecule has 114 valence electrons. The van der Waals surface area contributed by atoms with E-state index in [1.165, 1.54) is 29.5 Å². The topological polar surface area (TPSA) is 29.5 Å². The summed E-state index contributed by atoms with van der Waals surface area (Å²) >= 11 is 0. The Kier molecular flexibility index (Phi) is 7.68. The van der Waals surface area contributed by atoms with Crippen molar-refractivity contribution >= 4 is 0 Å². The van der Waals surface area contributed by atoms with Crippen molar-refractivity contribution in [1.82, 2.24) is 0 Å². The molecule has 0 aliphatic carbocycles. The van der Waals surface area contributed by atoms with Crippen molar-refractivity contribution in [2.24, 2.45) is 5.92 Å². The molecule has 1 aromatic rings. The van der Waals surface area contributed by atoms with Gasteiger partial charge in [0.15, 0.2) is 0 Å². The summed E-state index contributed by atoms with van der Waals surface area (Å²) in [4.78, 5) is 0. The molecule has 0 aromatic heterocycles. The number of benzene rings is 1. The number of aryl methyl sites for hydroxylation is 2. The van der Waals surface area contributed by atoms with Crippen LogP contribution in [0.1, 0.15) is 57.2 Å². The van der Waals surface area contributed by atoms with E-state index in [4.69, 9.17) is 9.84 Å². The lowest BCUT2D eigenvalue weighted by atomic mass is 9.92. The molecule has 1 unspecified atom stereocenters. The van der Waals surface area contributed by atoms with Crippen molar-refractivity contribution in [3.63, 3.8) is 0 Å². The van der Waals surface area contributed by atoms with E-state index in [0.29, 0.717) is 6.61 Å². The van der Waals surface area contributed by atoms with E-state index in [9.17, 15) is 0 Å². The summed E-state index contributed by atoms with van der Waals surface area (Å²) < 4.78 is 5.76. The van der Waals surface area contributed by atoms with E-state index in [0.717, 1.165) is 30.9 Å². The average molecular weight is 278 g/mol. The largest absolute Gasteiger partial charge is 0.491 e. The third-order valence-electron chi connectivity index (χ3n) is 3.77. The number of aliphatic hydroxyl groups excluding tert-OH is 1. The minimum Gasteiger partial charge on any atom is -0.491 e. The lowest BCUT2D eigenvalue weighted by Crippen LogP contribution is -2.08. The van der Waals surface area contributed by atoms with Gasteiger partial charge in [0.2, 0.25) is 0 Å². The first-order valence-electron chi connectivity index (χ1n) is 8.04. The first-order valence-corrected chi connectivity index (χ1v) is 8.04.